The van der Waals surface area contributed by atoms with E-state index < -0.39 is 0 Å². The van der Waals surface area contributed by atoms with Crippen LogP contribution in [-0.2, 0) is 13.2 Å². The highest BCUT2D eigenvalue weighted by Crippen LogP contribution is 2.25. The van der Waals surface area contributed by atoms with Gasteiger partial charge in [-0.15, -0.1) is 12.4 Å². The van der Waals surface area contributed by atoms with Crippen molar-refractivity contribution in [3.05, 3.63) is 92.8 Å². The molecule has 3 heterocycles. The molecule has 7 heteroatoms. The lowest BCUT2D eigenvalue weighted by molar-refractivity contribution is 0.275. The van der Waals surface area contributed by atoms with Gasteiger partial charge in [0, 0.05) is 25.0 Å². The molecule has 0 aliphatic carbocycles. The molecule has 0 saturated carbocycles. The van der Waals surface area contributed by atoms with E-state index in [2.05, 4.69) is 42.3 Å². The van der Waals surface area contributed by atoms with E-state index in [9.17, 15) is 9.90 Å². The highest BCUT2D eigenvalue weighted by atomic mass is 35.5. The maximum absolute atomic E-state index is 12.6. The number of aryl methyl sites for hydroxylation is 4. The van der Waals surface area contributed by atoms with Crippen molar-refractivity contribution >= 4 is 23.7 Å². The average molecular weight is 439 g/mol. The maximum atomic E-state index is 12.6. The minimum Gasteiger partial charge on any atom is -0.390 e. The van der Waals surface area contributed by atoms with Gasteiger partial charge in [-0.2, -0.15) is 0 Å². The van der Waals surface area contributed by atoms with Gasteiger partial charge in [-0.1, -0.05) is 18.2 Å². The van der Waals surface area contributed by atoms with Crippen LogP contribution in [0.2, 0.25) is 0 Å². The Morgan fingerprint density at radius 2 is 1.77 bits per heavy atom. The van der Waals surface area contributed by atoms with Gasteiger partial charge in [0.05, 0.1) is 29.4 Å². The number of nitrogens with one attached hydrogen (secondary N) is 1. The molecule has 162 valence electrons. The Bertz CT molecular complexity index is 1290. The van der Waals surface area contributed by atoms with Gasteiger partial charge >= 0.3 is 0 Å². The van der Waals surface area contributed by atoms with Crippen LogP contribution in [0.5, 0.6) is 0 Å². The number of aliphatic hydroxyl groups excluding tert-OH is 1. The summed E-state index contributed by atoms with van der Waals surface area (Å²) < 4.78 is 3.47. The van der Waals surface area contributed by atoms with Crippen LogP contribution in [0.1, 0.15) is 33.6 Å². The molecule has 4 rings (SSSR count). The lowest BCUT2D eigenvalue weighted by Gasteiger charge is -2.15. The summed E-state index contributed by atoms with van der Waals surface area (Å²) in [5.74, 6) is 0. The van der Waals surface area contributed by atoms with Gasteiger partial charge in [-0.05, 0) is 62.1 Å². The van der Waals surface area contributed by atoms with Crippen molar-refractivity contribution in [2.24, 2.45) is 0 Å². The third-order valence-corrected chi connectivity index (χ3v) is 5.61. The summed E-state index contributed by atoms with van der Waals surface area (Å²) in [6, 6.07) is 11.7. The Balaban J connectivity index is 0.00000272. The number of hydrogen-bond donors (Lipinski definition) is 2. The minimum absolute atomic E-state index is 0. The molecule has 0 spiro atoms. The molecule has 0 radical (unpaired) electrons. The Hall–Kier alpha value is -3.09. The second-order valence-electron chi connectivity index (χ2n) is 7.74. The number of aliphatic hydroxyl groups is 1. The summed E-state index contributed by atoms with van der Waals surface area (Å²) in [5, 5.41) is 13.4. The molecule has 0 atom stereocenters. The van der Waals surface area contributed by atoms with Gasteiger partial charge in [0.1, 0.15) is 0 Å². The molecule has 2 N–H and O–H groups in total. The van der Waals surface area contributed by atoms with Crippen molar-refractivity contribution in [3.63, 3.8) is 0 Å². The van der Waals surface area contributed by atoms with Crippen LogP contribution in [0, 0.1) is 27.7 Å². The standard InChI is InChI=1S/C24H26N4O2.ClH/c1-15-8-9-27(23(30)10-15)19-11-21(24-26-18(4)22(14-29)28(24)13-19)25-12-20-16(2)6-5-7-17(20)3;/h5-11,13,25,29H,12,14H2,1-4H3;1H. The molecule has 0 saturated heterocycles. The number of hydrogen-bond acceptors (Lipinski definition) is 4. The van der Waals surface area contributed by atoms with Gasteiger partial charge in [0.2, 0.25) is 0 Å². The molecule has 0 amide bonds. The van der Waals surface area contributed by atoms with E-state index in [-0.39, 0.29) is 24.6 Å². The van der Waals surface area contributed by atoms with Gasteiger partial charge in [0.25, 0.3) is 5.56 Å². The first-order valence-electron chi connectivity index (χ1n) is 10.00. The van der Waals surface area contributed by atoms with Gasteiger partial charge in [-0.25, -0.2) is 4.98 Å². The number of fused-ring (bicyclic) bond motifs is 1. The second kappa shape index (κ2) is 8.96. The first kappa shape index (κ1) is 22.6. The molecule has 31 heavy (non-hydrogen) atoms. The molecule has 0 unspecified atom stereocenters. The van der Waals surface area contributed by atoms with Crippen molar-refractivity contribution in [3.8, 4) is 5.69 Å². The third-order valence-electron chi connectivity index (χ3n) is 5.61. The number of aromatic nitrogens is 3. The summed E-state index contributed by atoms with van der Waals surface area (Å²) in [4.78, 5) is 17.2. The van der Waals surface area contributed by atoms with Crippen LogP contribution >= 0.6 is 12.4 Å². The highest BCUT2D eigenvalue weighted by molar-refractivity contribution is 5.85. The summed E-state index contributed by atoms with van der Waals surface area (Å²) in [6.07, 6.45) is 3.62. The Morgan fingerprint density at radius 1 is 1.06 bits per heavy atom. The fourth-order valence-corrected chi connectivity index (χ4v) is 3.85. The summed E-state index contributed by atoms with van der Waals surface area (Å²) in [7, 11) is 0. The van der Waals surface area contributed by atoms with Gasteiger partial charge in [-0.3, -0.25) is 13.8 Å². The number of imidazole rings is 1. The fraction of sp³-hybridized carbons (Fsp3) is 0.250. The van der Waals surface area contributed by atoms with Crippen molar-refractivity contribution in [1.29, 1.82) is 0 Å². The number of nitrogens with zero attached hydrogens (tertiary/aromatic N) is 3. The van der Waals surface area contributed by atoms with Crippen molar-refractivity contribution in [2.75, 3.05) is 5.32 Å². The van der Waals surface area contributed by atoms with Crippen LogP contribution in [0.4, 0.5) is 5.69 Å². The zero-order chi connectivity index (χ0) is 21.4. The Morgan fingerprint density at radius 3 is 2.42 bits per heavy atom. The molecular formula is C24H27ClN4O2. The van der Waals surface area contributed by atoms with Crippen LogP contribution in [0.25, 0.3) is 11.3 Å². The third kappa shape index (κ3) is 4.22. The van der Waals surface area contributed by atoms with E-state index in [0.717, 1.165) is 22.6 Å². The number of rotatable bonds is 5. The molecule has 0 fully saturated rings. The zero-order valence-electron chi connectivity index (χ0n) is 18.1. The van der Waals surface area contributed by atoms with E-state index >= 15 is 0 Å². The van der Waals surface area contributed by atoms with E-state index in [1.54, 1.807) is 16.8 Å². The molecular weight excluding hydrogens is 412 g/mol. The predicted octanol–water partition coefficient (Wildman–Crippen LogP) is 4.25. The topological polar surface area (TPSA) is 71.6 Å². The largest absolute Gasteiger partial charge is 0.390 e. The second-order valence-corrected chi connectivity index (χ2v) is 7.74. The molecule has 0 aliphatic rings. The average Bonchev–Trinajstić information content (AvgIpc) is 3.02. The molecule has 0 aliphatic heterocycles. The number of anilines is 1. The summed E-state index contributed by atoms with van der Waals surface area (Å²) >= 11 is 0. The number of halogens is 1. The zero-order valence-corrected chi connectivity index (χ0v) is 19.0. The summed E-state index contributed by atoms with van der Waals surface area (Å²) in [6.45, 7) is 8.49. The normalized spacial score (nSPS) is 10.9. The van der Waals surface area contributed by atoms with E-state index in [1.807, 2.05) is 36.6 Å². The van der Waals surface area contributed by atoms with Crippen molar-refractivity contribution < 1.29 is 5.11 Å². The maximum Gasteiger partial charge on any atom is 0.255 e. The van der Waals surface area contributed by atoms with Crippen LogP contribution < -0.4 is 10.9 Å². The first-order valence-corrected chi connectivity index (χ1v) is 10.00. The molecule has 6 nitrogen and oxygen atoms in total. The minimum atomic E-state index is -0.129. The number of pyridine rings is 2. The monoisotopic (exact) mass is 438 g/mol. The smallest absolute Gasteiger partial charge is 0.255 e. The molecule has 1 aromatic carbocycles. The lowest BCUT2D eigenvalue weighted by Crippen LogP contribution is -2.18. The molecule has 0 bridgehead atoms. The SMILES string of the molecule is Cc1ccn(-c2cc(NCc3c(C)cccc3C)c3nc(C)c(CO)n3c2)c(=O)c1.Cl. The summed E-state index contributed by atoms with van der Waals surface area (Å²) in [5.41, 5.74) is 8.22. The quantitative estimate of drug-likeness (QED) is 0.488. The van der Waals surface area contributed by atoms with Crippen LogP contribution in [0.3, 0.4) is 0 Å². The number of benzene rings is 1. The van der Waals surface area contributed by atoms with Crippen LogP contribution in [0.15, 0.2) is 53.6 Å². The van der Waals surface area contributed by atoms with E-state index in [1.165, 1.54) is 16.7 Å². The Kier molecular flexibility index (Phi) is 6.53. The van der Waals surface area contributed by atoms with Crippen molar-refractivity contribution in [2.45, 2.75) is 40.8 Å². The fourth-order valence-electron chi connectivity index (χ4n) is 3.85. The van der Waals surface area contributed by atoms with Crippen LogP contribution in [-0.4, -0.2) is 19.1 Å². The first-order chi connectivity index (χ1) is 14.4. The molecule has 3 aromatic heterocycles. The Labute approximate surface area is 187 Å². The van der Waals surface area contributed by atoms with E-state index in [0.29, 0.717) is 17.9 Å². The molecule has 4 aromatic rings. The van der Waals surface area contributed by atoms with Gasteiger partial charge < -0.3 is 10.4 Å². The van der Waals surface area contributed by atoms with Gasteiger partial charge in [0.15, 0.2) is 5.65 Å². The lowest BCUT2D eigenvalue weighted by atomic mass is 10.0. The van der Waals surface area contributed by atoms with E-state index in [4.69, 9.17) is 0 Å². The highest BCUT2D eigenvalue weighted by Gasteiger charge is 2.15. The predicted molar refractivity (Wildman–Crippen MR) is 127 cm³/mol. The van der Waals surface area contributed by atoms with Crippen molar-refractivity contribution in [1.82, 2.24) is 14.0 Å².